The van der Waals surface area contributed by atoms with Crippen LogP contribution in [0.1, 0.15) is 12.5 Å². The summed E-state index contributed by atoms with van der Waals surface area (Å²) < 4.78 is 3.29. The third-order valence-corrected chi connectivity index (χ3v) is 2.89. The predicted octanol–water partition coefficient (Wildman–Crippen LogP) is 2.70. The Morgan fingerprint density at radius 1 is 1.42 bits per heavy atom. The fraction of sp³-hybridized carbons (Fsp3) is 0.200. The standard InChI is InChI=1S/C10H11NS/c1-2-8-7-11-12-10-6-4-3-5-9(8)10/h2-6,11H,7H2,1H3/b8-2-. The summed E-state index contributed by atoms with van der Waals surface area (Å²) in [4.78, 5) is 1.33. The van der Waals surface area contributed by atoms with E-state index in [-0.39, 0.29) is 0 Å². The molecule has 12 heavy (non-hydrogen) atoms. The molecule has 0 atom stereocenters. The monoisotopic (exact) mass is 177 g/mol. The summed E-state index contributed by atoms with van der Waals surface area (Å²) in [5.41, 5.74) is 2.77. The van der Waals surface area contributed by atoms with Crippen LogP contribution in [0.2, 0.25) is 0 Å². The highest BCUT2D eigenvalue weighted by Crippen LogP contribution is 2.30. The zero-order valence-corrected chi connectivity index (χ0v) is 7.82. The van der Waals surface area contributed by atoms with Crippen LogP contribution in [0.5, 0.6) is 0 Å². The first kappa shape index (κ1) is 7.90. The predicted molar refractivity (Wildman–Crippen MR) is 54.0 cm³/mol. The fourth-order valence-corrected chi connectivity index (χ4v) is 2.20. The van der Waals surface area contributed by atoms with E-state index in [4.69, 9.17) is 0 Å². The fourth-order valence-electron chi connectivity index (χ4n) is 1.37. The van der Waals surface area contributed by atoms with E-state index in [1.165, 1.54) is 16.0 Å². The Morgan fingerprint density at radius 2 is 2.25 bits per heavy atom. The van der Waals surface area contributed by atoms with Gasteiger partial charge in [0.2, 0.25) is 0 Å². The van der Waals surface area contributed by atoms with Crippen molar-refractivity contribution in [3.8, 4) is 0 Å². The van der Waals surface area contributed by atoms with Gasteiger partial charge in [-0.3, -0.25) is 4.72 Å². The Morgan fingerprint density at radius 3 is 3.08 bits per heavy atom. The van der Waals surface area contributed by atoms with E-state index < -0.39 is 0 Å². The van der Waals surface area contributed by atoms with Gasteiger partial charge in [-0.15, -0.1) is 0 Å². The van der Waals surface area contributed by atoms with Crippen molar-refractivity contribution in [2.45, 2.75) is 11.8 Å². The maximum absolute atomic E-state index is 3.29. The van der Waals surface area contributed by atoms with Gasteiger partial charge >= 0.3 is 0 Å². The highest BCUT2D eigenvalue weighted by molar-refractivity contribution is 7.97. The molecule has 1 nitrogen and oxygen atoms in total. The largest absolute Gasteiger partial charge is 0.255 e. The van der Waals surface area contributed by atoms with Gasteiger partial charge < -0.3 is 0 Å². The number of rotatable bonds is 0. The maximum Gasteiger partial charge on any atom is 0.0316 e. The van der Waals surface area contributed by atoms with Gasteiger partial charge in [0.25, 0.3) is 0 Å². The Labute approximate surface area is 77.0 Å². The van der Waals surface area contributed by atoms with E-state index in [0.29, 0.717) is 0 Å². The first-order valence-electron chi connectivity index (χ1n) is 4.06. The van der Waals surface area contributed by atoms with Gasteiger partial charge in [-0.2, -0.15) is 0 Å². The molecule has 0 fully saturated rings. The van der Waals surface area contributed by atoms with Gasteiger partial charge in [0, 0.05) is 11.4 Å². The van der Waals surface area contributed by atoms with Gasteiger partial charge in [-0.1, -0.05) is 24.3 Å². The van der Waals surface area contributed by atoms with E-state index in [1.807, 2.05) is 0 Å². The summed E-state index contributed by atoms with van der Waals surface area (Å²) in [6.45, 7) is 3.06. The van der Waals surface area contributed by atoms with Crippen molar-refractivity contribution in [2.24, 2.45) is 0 Å². The molecule has 1 aromatic rings. The second-order valence-electron chi connectivity index (χ2n) is 2.73. The lowest BCUT2D eigenvalue weighted by molar-refractivity contribution is 1.09. The zero-order chi connectivity index (χ0) is 8.39. The molecule has 0 bridgehead atoms. The van der Waals surface area contributed by atoms with Crippen LogP contribution >= 0.6 is 11.9 Å². The van der Waals surface area contributed by atoms with E-state index in [1.54, 1.807) is 11.9 Å². The van der Waals surface area contributed by atoms with Crippen molar-refractivity contribution >= 4 is 17.5 Å². The SMILES string of the molecule is C/C=C1/CNSc2ccccc21. The molecule has 0 unspecified atom stereocenters. The van der Waals surface area contributed by atoms with E-state index >= 15 is 0 Å². The van der Waals surface area contributed by atoms with Crippen LogP contribution < -0.4 is 4.72 Å². The molecule has 1 heterocycles. The molecule has 1 N–H and O–H groups in total. The number of fused-ring (bicyclic) bond motifs is 1. The summed E-state index contributed by atoms with van der Waals surface area (Å²) >= 11 is 1.72. The van der Waals surface area contributed by atoms with E-state index in [2.05, 4.69) is 42.0 Å². The first-order valence-corrected chi connectivity index (χ1v) is 4.88. The molecule has 0 aromatic heterocycles. The average molecular weight is 177 g/mol. The second kappa shape index (κ2) is 3.33. The van der Waals surface area contributed by atoms with E-state index in [0.717, 1.165) is 6.54 Å². The topological polar surface area (TPSA) is 12.0 Å². The highest BCUT2D eigenvalue weighted by atomic mass is 32.2. The van der Waals surface area contributed by atoms with Crippen molar-refractivity contribution in [1.82, 2.24) is 4.72 Å². The summed E-state index contributed by atoms with van der Waals surface area (Å²) in [5, 5.41) is 0. The molecule has 0 saturated carbocycles. The third-order valence-electron chi connectivity index (χ3n) is 2.03. The number of allylic oxidation sites excluding steroid dienone is 1. The minimum Gasteiger partial charge on any atom is -0.255 e. The number of hydrogen-bond acceptors (Lipinski definition) is 2. The molecule has 0 amide bonds. The Balaban J connectivity index is 2.51. The zero-order valence-electron chi connectivity index (χ0n) is 7.00. The molecule has 0 aliphatic carbocycles. The number of hydrogen-bond donors (Lipinski definition) is 1. The van der Waals surface area contributed by atoms with Crippen molar-refractivity contribution in [3.63, 3.8) is 0 Å². The van der Waals surface area contributed by atoms with Crippen LogP contribution in [-0.4, -0.2) is 6.54 Å². The molecule has 1 aromatic carbocycles. The molecule has 1 aliphatic heterocycles. The number of nitrogens with one attached hydrogen (secondary N) is 1. The molecule has 62 valence electrons. The van der Waals surface area contributed by atoms with Crippen LogP contribution in [0.3, 0.4) is 0 Å². The maximum atomic E-state index is 3.29. The Kier molecular flexibility index (Phi) is 2.19. The Bertz CT molecular complexity index is 317. The van der Waals surface area contributed by atoms with E-state index in [9.17, 15) is 0 Å². The van der Waals surface area contributed by atoms with Crippen molar-refractivity contribution in [1.29, 1.82) is 0 Å². The van der Waals surface area contributed by atoms with Crippen LogP contribution in [0.15, 0.2) is 35.2 Å². The smallest absolute Gasteiger partial charge is 0.0316 e. The summed E-state index contributed by atoms with van der Waals surface area (Å²) in [6, 6.07) is 8.49. The lowest BCUT2D eigenvalue weighted by atomic mass is 10.1. The number of benzene rings is 1. The molecular formula is C10H11NS. The van der Waals surface area contributed by atoms with Crippen LogP contribution in [0.25, 0.3) is 5.57 Å². The van der Waals surface area contributed by atoms with Gasteiger partial charge in [0.15, 0.2) is 0 Å². The molecule has 1 aliphatic rings. The molecule has 0 radical (unpaired) electrons. The minimum absolute atomic E-state index is 0.970. The highest BCUT2D eigenvalue weighted by Gasteiger charge is 2.11. The van der Waals surface area contributed by atoms with Crippen LogP contribution in [0.4, 0.5) is 0 Å². The second-order valence-corrected chi connectivity index (χ2v) is 3.67. The lowest BCUT2D eigenvalue weighted by Crippen LogP contribution is -2.13. The third kappa shape index (κ3) is 1.28. The van der Waals surface area contributed by atoms with Crippen molar-refractivity contribution in [3.05, 3.63) is 35.9 Å². The Hall–Kier alpha value is -0.730. The van der Waals surface area contributed by atoms with Crippen LogP contribution in [-0.2, 0) is 0 Å². The van der Waals surface area contributed by atoms with Gasteiger partial charge in [-0.25, -0.2) is 0 Å². The lowest BCUT2D eigenvalue weighted by Gasteiger charge is -2.18. The van der Waals surface area contributed by atoms with Crippen molar-refractivity contribution in [2.75, 3.05) is 6.54 Å². The normalized spacial score (nSPS) is 19.2. The first-order chi connectivity index (χ1) is 5.92. The quantitative estimate of drug-likeness (QED) is 0.611. The molecule has 0 spiro atoms. The molecule has 2 heteroatoms. The molecule has 0 saturated heterocycles. The average Bonchev–Trinajstić information content (AvgIpc) is 2.17. The summed E-state index contributed by atoms with van der Waals surface area (Å²) in [6.07, 6.45) is 2.17. The van der Waals surface area contributed by atoms with Gasteiger partial charge in [0.1, 0.15) is 0 Å². The minimum atomic E-state index is 0.970. The van der Waals surface area contributed by atoms with Gasteiger partial charge in [0.05, 0.1) is 0 Å². The summed E-state index contributed by atoms with van der Waals surface area (Å²) in [5.74, 6) is 0. The van der Waals surface area contributed by atoms with Gasteiger partial charge in [-0.05, 0) is 36.1 Å². The molecule has 2 rings (SSSR count). The summed E-state index contributed by atoms with van der Waals surface area (Å²) in [7, 11) is 0. The molecular weight excluding hydrogens is 166 g/mol. The van der Waals surface area contributed by atoms with Crippen molar-refractivity contribution < 1.29 is 0 Å². The van der Waals surface area contributed by atoms with Crippen LogP contribution in [0, 0.1) is 0 Å².